The molecular formula is C15H14ClNO4. The molecule has 6 heteroatoms. The van der Waals surface area contributed by atoms with Crippen molar-refractivity contribution in [3.63, 3.8) is 0 Å². The molecule has 0 unspecified atom stereocenters. The van der Waals surface area contributed by atoms with Crippen LogP contribution >= 0.6 is 11.6 Å². The third-order valence-electron chi connectivity index (χ3n) is 2.79. The van der Waals surface area contributed by atoms with Gasteiger partial charge in [-0.15, -0.1) is 0 Å². The van der Waals surface area contributed by atoms with Crippen LogP contribution in [0.25, 0.3) is 0 Å². The van der Waals surface area contributed by atoms with Gasteiger partial charge in [0.15, 0.2) is 6.61 Å². The molecule has 1 aromatic carbocycles. The maximum Gasteiger partial charge on any atom is 0.258 e. The molecule has 0 radical (unpaired) electrons. The van der Waals surface area contributed by atoms with E-state index >= 15 is 0 Å². The van der Waals surface area contributed by atoms with E-state index in [4.69, 9.17) is 20.8 Å². The molecule has 0 spiro atoms. The molecule has 0 aliphatic carbocycles. The molecule has 2 aromatic rings. The highest BCUT2D eigenvalue weighted by atomic mass is 35.5. The molecule has 1 aromatic heterocycles. The molecule has 0 aliphatic rings. The Balaban J connectivity index is 1.88. The Labute approximate surface area is 126 Å². The second-order valence-corrected chi connectivity index (χ2v) is 4.73. The molecular weight excluding hydrogens is 294 g/mol. The molecule has 1 heterocycles. The molecule has 5 nitrogen and oxygen atoms in total. The zero-order valence-corrected chi connectivity index (χ0v) is 12.1. The highest BCUT2D eigenvalue weighted by Gasteiger charge is 2.09. The largest absolute Gasteiger partial charge is 0.476 e. The van der Waals surface area contributed by atoms with Crippen LogP contribution in [-0.2, 0) is 11.3 Å². The van der Waals surface area contributed by atoms with Gasteiger partial charge in [-0.05, 0) is 18.6 Å². The van der Waals surface area contributed by atoms with Crippen molar-refractivity contribution in [1.29, 1.82) is 0 Å². The first kappa shape index (κ1) is 15.1. The van der Waals surface area contributed by atoms with E-state index in [1.165, 1.54) is 12.3 Å². The molecule has 0 saturated carbocycles. The summed E-state index contributed by atoms with van der Waals surface area (Å²) in [4.78, 5) is 23.3. The zero-order valence-electron chi connectivity index (χ0n) is 11.4. The maximum atomic E-state index is 11.7. The van der Waals surface area contributed by atoms with Gasteiger partial charge in [0.1, 0.15) is 5.76 Å². The standard InChI is InChI=1S/C15H14ClNO4/c1-10-15(13(18)6-7-20-10)21-9-14(19)17-8-11-4-2-3-5-12(11)16/h2-7H,8-9H2,1H3,(H,17,19). The first-order chi connectivity index (χ1) is 10.1. The summed E-state index contributed by atoms with van der Waals surface area (Å²) in [6.07, 6.45) is 1.28. The number of halogens is 1. The first-order valence-electron chi connectivity index (χ1n) is 6.29. The van der Waals surface area contributed by atoms with Crippen molar-refractivity contribution in [3.05, 3.63) is 63.2 Å². The molecule has 1 amide bonds. The fraction of sp³-hybridized carbons (Fsp3) is 0.200. The van der Waals surface area contributed by atoms with Crippen molar-refractivity contribution < 1.29 is 13.9 Å². The van der Waals surface area contributed by atoms with E-state index < -0.39 is 0 Å². The van der Waals surface area contributed by atoms with Crippen molar-refractivity contribution in [2.45, 2.75) is 13.5 Å². The summed E-state index contributed by atoms with van der Waals surface area (Å²) in [6.45, 7) is 1.63. The Morgan fingerprint density at radius 1 is 1.33 bits per heavy atom. The summed E-state index contributed by atoms with van der Waals surface area (Å²) in [6, 6.07) is 8.46. The van der Waals surface area contributed by atoms with E-state index in [2.05, 4.69) is 5.32 Å². The number of amides is 1. The first-order valence-corrected chi connectivity index (χ1v) is 6.67. The van der Waals surface area contributed by atoms with Gasteiger partial charge >= 0.3 is 0 Å². The SMILES string of the molecule is Cc1occc(=O)c1OCC(=O)NCc1ccccc1Cl. The molecule has 1 N–H and O–H groups in total. The van der Waals surface area contributed by atoms with E-state index in [-0.39, 0.29) is 23.7 Å². The van der Waals surface area contributed by atoms with E-state index in [0.29, 0.717) is 17.3 Å². The number of aryl methyl sites for hydroxylation is 1. The predicted molar refractivity (Wildman–Crippen MR) is 78.5 cm³/mol. The number of hydrogen-bond donors (Lipinski definition) is 1. The molecule has 0 saturated heterocycles. The van der Waals surface area contributed by atoms with Gasteiger partial charge in [0.2, 0.25) is 11.2 Å². The average molecular weight is 308 g/mol. The van der Waals surface area contributed by atoms with Crippen LogP contribution < -0.4 is 15.5 Å². The van der Waals surface area contributed by atoms with E-state index in [1.807, 2.05) is 18.2 Å². The van der Waals surface area contributed by atoms with Crippen molar-refractivity contribution in [2.24, 2.45) is 0 Å². The Kier molecular flexibility index (Phi) is 5.00. The Morgan fingerprint density at radius 2 is 2.10 bits per heavy atom. The van der Waals surface area contributed by atoms with Gasteiger partial charge in [0, 0.05) is 17.6 Å². The molecule has 0 aliphatic heterocycles. The summed E-state index contributed by atoms with van der Waals surface area (Å²) >= 11 is 5.99. The van der Waals surface area contributed by atoms with Crippen LogP contribution in [0.4, 0.5) is 0 Å². The van der Waals surface area contributed by atoms with Crippen LogP contribution in [0.15, 0.2) is 45.8 Å². The van der Waals surface area contributed by atoms with Crippen molar-refractivity contribution in [2.75, 3.05) is 6.61 Å². The summed E-state index contributed by atoms with van der Waals surface area (Å²) in [5, 5.41) is 3.25. The smallest absolute Gasteiger partial charge is 0.258 e. The van der Waals surface area contributed by atoms with Crippen molar-refractivity contribution in [1.82, 2.24) is 5.32 Å². The number of hydrogen-bond acceptors (Lipinski definition) is 4. The number of carbonyl (C=O) groups is 1. The highest BCUT2D eigenvalue weighted by Crippen LogP contribution is 2.14. The third-order valence-corrected chi connectivity index (χ3v) is 3.16. The van der Waals surface area contributed by atoms with E-state index in [0.717, 1.165) is 5.56 Å². The van der Waals surface area contributed by atoms with Crippen LogP contribution in [0.5, 0.6) is 5.75 Å². The quantitative estimate of drug-likeness (QED) is 0.920. The van der Waals surface area contributed by atoms with Crippen molar-refractivity contribution in [3.8, 4) is 5.75 Å². The van der Waals surface area contributed by atoms with Crippen LogP contribution in [0.2, 0.25) is 5.02 Å². The minimum atomic E-state index is -0.349. The molecule has 0 fully saturated rings. The number of carbonyl (C=O) groups excluding carboxylic acids is 1. The molecule has 0 bridgehead atoms. The van der Waals surface area contributed by atoms with Gasteiger partial charge in [-0.1, -0.05) is 29.8 Å². The summed E-state index contributed by atoms with van der Waals surface area (Å²) in [7, 11) is 0. The fourth-order valence-electron chi connectivity index (χ4n) is 1.70. The van der Waals surface area contributed by atoms with Crippen LogP contribution in [0, 0.1) is 6.92 Å². The summed E-state index contributed by atoms with van der Waals surface area (Å²) in [5.41, 5.74) is 0.487. The van der Waals surface area contributed by atoms with E-state index in [1.54, 1.807) is 13.0 Å². The maximum absolute atomic E-state index is 11.7. The van der Waals surface area contributed by atoms with Gasteiger partial charge in [0.25, 0.3) is 5.91 Å². The fourth-order valence-corrected chi connectivity index (χ4v) is 1.90. The number of nitrogens with one attached hydrogen (secondary N) is 1. The number of ether oxygens (including phenoxy) is 1. The lowest BCUT2D eigenvalue weighted by Crippen LogP contribution is -2.29. The second kappa shape index (κ2) is 6.95. The van der Waals surface area contributed by atoms with Gasteiger partial charge in [-0.3, -0.25) is 9.59 Å². The summed E-state index contributed by atoms with van der Waals surface area (Å²) in [5.74, 6) is 0.0318. The van der Waals surface area contributed by atoms with Gasteiger partial charge in [0.05, 0.1) is 6.26 Å². The van der Waals surface area contributed by atoms with Crippen LogP contribution in [0.1, 0.15) is 11.3 Å². The Hall–Kier alpha value is -2.27. The lowest BCUT2D eigenvalue weighted by atomic mass is 10.2. The number of rotatable bonds is 5. The zero-order chi connectivity index (χ0) is 15.2. The second-order valence-electron chi connectivity index (χ2n) is 4.33. The summed E-state index contributed by atoms with van der Waals surface area (Å²) < 4.78 is 10.2. The van der Waals surface area contributed by atoms with Gasteiger partial charge < -0.3 is 14.5 Å². The highest BCUT2D eigenvalue weighted by molar-refractivity contribution is 6.31. The van der Waals surface area contributed by atoms with Crippen LogP contribution in [0.3, 0.4) is 0 Å². The normalized spacial score (nSPS) is 10.2. The minimum Gasteiger partial charge on any atom is -0.476 e. The molecule has 0 atom stereocenters. The molecule has 21 heavy (non-hydrogen) atoms. The Bertz CT molecular complexity index is 696. The monoisotopic (exact) mass is 307 g/mol. The molecule has 2 rings (SSSR count). The topological polar surface area (TPSA) is 68.5 Å². The average Bonchev–Trinajstić information content (AvgIpc) is 2.46. The predicted octanol–water partition coefficient (Wildman–Crippen LogP) is 2.30. The number of benzene rings is 1. The minimum absolute atomic E-state index is 0.0467. The molecule has 110 valence electrons. The Morgan fingerprint density at radius 3 is 2.81 bits per heavy atom. The lowest BCUT2D eigenvalue weighted by Gasteiger charge is -2.08. The van der Waals surface area contributed by atoms with Gasteiger partial charge in [-0.2, -0.15) is 0 Å². The lowest BCUT2D eigenvalue weighted by molar-refractivity contribution is -0.123. The van der Waals surface area contributed by atoms with Crippen LogP contribution in [-0.4, -0.2) is 12.5 Å². The van der Waals surface area contributed by atoms with Gasteiger partial charge in [-0.25, -0.2) is 0 Å². The van der Waals surface area contributed by atoms with E-state index in [9.17, 15) is 9.59 Å². The third kappa shape index (κ3) is 4.10. The van der Waals surface area contributed by atoms with Crippen molar-refractivity contribution >= 4 is 17.5 Å².